The van der Waals surface area contributed by atoms with Gasteiger partial charge in [0.05, 0.1) is 6.61 Å². The first-order chi connectivity index (χ1) is 10.4. The highest BCUT2D eigenvalue weighted by molar-refractivity contribution is 6.01. The van der Waals surface area contributed by atoms with Crippen molar-refractivity contribution in [1.29, 1.82) is 5.26 Å². The molecule has 1 rings (SSSR count). The van der Waals surface area contributed by atoms with Crippen LogP contribution in [-0.4, -0.2) is 30.2 Å². The lowest BCUT2D eigenvalue weighted by atomic mass is 10.1. The van der Waals surface area contributed by atoms with E-state index in [2.05, 4.69) is 16.8 Å². The molecule has 1 N–H and O–H groups in total. The third-order valence-corrected chi connectivity index (χ3v) is 3.52. The fourth-order valence-electron chi connectivity index (χ4n) is 2.44. The molecule has 120 valence electrons. The van der Waals surface area contributed by atoms with E-state index in [0.29, 0.717) is 6.61 Å². The van der Waals surface area contributed by atoms with Crippen LogP contribution in [0.2, 0.25) is 0 Å². The quantitative estimate of drug-likeness (QED) is 0.622. The van der Waals surface area contributed by atoms with Crippen molar-refractivity contribution in [1.82, 2.24) is 9.88 Å². The van der Waals surface area contributed by atoms with Gasteiger partial charge in [0, 0.05) is 31.1 Å². The lowest BCUT2D eigenvalue weighted by Crippen LogP contribution is -2.36. The molecular formula is C17H25N3O2. The molecule has 1 aromatic heterocycles. The summed E-state index contributed by atoms with van der Waals surface area (Å²) in [6, 6.07) is 3.86. The second-order valence-corrected chi connectivity index (χ2v) is 5.48. The predicted octanol–water partition coefficient (Wildman–Crippen LogP) is 2.57. The average Bonchev–Trinajstić information content (AvgIpc) is 2.72. The van der Waals surface area contributed by atoms with E-state index in [1.807, 2.05) is 32.9 Å². The van der Waals surface area contributed by atoms with E-state index in [1.54, 1.807) is 13.2 Å². The number of nitrogens with zero attached hydrogens (tertiary/aromatic N) is 2. The highest BCUT2D eigenvalue weighted by Gasteiger charge is 2.14. The van der Waals surface area contributed by atoms with Gasteiger partial charge >= 0.3 is 0 Å². The Labute approximate surface area is 132 Å². The van der Waals surface area contributed by atoms with Crippen LogP contribution >= 0.6 is 0 Å². The molecule has 0 saturated carbocycles. The van der Waals surface area contributed by atoms with Crippen molar-refractivity contribution < 1.29 is 9.53 Å². The number of carbonyl (C=O) groups excluding carboxylic acids is 1. The summed E-state index contributed by atoms with van der Waals surface area (Å²) in [5, 5.41) is 12.0. The van der Waals surface area contributed by atoms with E-state index in [1.165, 1.54) is 0 Å². The maximum atomic E-state index is 12.1. The first-order valence-corrected chi connectivity index (χ1v) is 7.52. The maximum Gasteiger partial charge on any atom is 0.262 e. The number of methoxy groups -OCH3 is 1. The summed E-state index contributed by atoms with van der Waals surface area (Å²) < 4.78 is 7.18. The number of amides is 1. The van der Waals surface area contributed by atoms with Crippen LogP contribution in [-0.2, 0) is 16.1 Å². The summed E-state index contributed by atoms with van der Waals surface area (Å²) in [5.41, 5.74) is 3.23. The molecule has 0 aliphatic heterocycles. The van der Waals surface area contributed by atoms with Crippen LogP contribution in [0.1, 0.15) is 37.2 Å². The van der Waals surface area contributed by atoms with Crippen molar-refractivity contribution in [2.75, 3.05) is 13.7 Å². The average molecular weight is 303 g/mol. The topological polar surface area (TPSA) is 67.0 Å². The number of aryl methyl sites for hydroxylation is 1. The molecule has 0 fully saturated rings. The van der Waals surface area contributed by atoms with Crippen LogP contribution in [0.5, 0.6) is 0 Å². The monoisotopic (exact) mass is 303 g/mol. The minimum atomic E-state index is -0.368. The van der Waals surface area contributed by atoms with Gasteiger partial charge in [0.1, 0.15) is 11.6 Å². The lowest BCUT2D eigenvalue weighted by molar-refractivity contribution is -0.117. The Morgan fingerprint density at radius 3 is 2.77 bits per heavy atom. The van der Waals surface area contributed by atoms with Crippen LogP contribution in [0.25, 0.3) is 6.08 Å². The minimum absolute atomic E-state index is 0.111. The minimum Gasteiger partial charge on any atom is -0.383 e. The fourth-order valence-corrected chi connectivity index (χ4v) is 2.44. The highest BCUT2D eigenvalue weighted by Crippen LogP contribution is 2.18. The fraction of sp³-hybridized carbons (Fsp3) is 0.529. The van der Waals surface area contributed by atoms with E-state index < -0.39 is 0 Å². The van der Waals surface area contributed by atoms with Crippen molar-refractivity contribution in [2.24, 2.45) is 0 Å². The zero-order chi connectivity index (χ0) is 16.7. The van der Waals surface area contributed by atoms with Crippen LogP contribution in [0.4, 0.5) is 0 Å². The zero-order valence-electron chi connectivity index (χ0n) is 14.1. The molecular weight excluding hydrogens is 278 g/mol. The molecule has 5 heteroatoms. The molecule has 0 aliphatic carbocycles. The van der Waals surface area contributed by atoms with Crippen LogP contribution in [0.3, 0.4) is 0 Å². The van der Waals surface area contributed by atoms with Gasteiger partial charge in [-0.15, -0.1) is 0 Å². The van der Waals surface area contributed by atoms with Crippen LogP contribution in [0.15, 0.2) is 11.6 Å². The van der Waals surface area contributed by atoms with Crippen molar-refractivity contribution in [3.05, 3.63) is 28.6 Å². The van der Waals surface area contributed by atoms with E-state index in [-0.39, 0.29) is 17.5 Å². The molecule has 0 bridgehead atoms. The third kappa shape index (κ3) is 4.47. The second-order valence-electron chi connectivity index (χ2n) is 5.48. The number of rotatable bonds is 7. The molecule has 0 aliphatic rings. The molecule has 22 heavy (non-hydrogen) atoms. The summed E-state index contributed by atoms with van der Waals surface area (Å²) >= 11 is 0. The number of ether oxygens (including phenoxy) is 1. The number of carbonyl (C=O) groups is 1. The second kappa shape index (κ2) is 8.40. The van der Waals surface area contributed by atoms with Gasteiger partial charge in [-0.05, 0) is 44.9 Å². The lowest BCUT2D eigenvalue weighted by Gasteiger charge is -2.12. The van der Waals surface area contributed by atoms with Gasteiger partial charge < -0.3 is 14.6 Å². The number of aromatic nitrogens is 1. The van der Waals surface area contributed by atoms with Gasteiger partial charge in [-0.3, -0.25) is 4.79 Å². The Hall–Kier alpha value is -2.06. The van der Waals surface area contributed by atoms with Crippen molar-refractivity contribution in [3.8, 4) is 6.07 Å². The Kier molecular flexibility index (Phi) is 6.87. The Morgan fingerprint density at radius 1 is 1.55 bits per heavy atom. The third-order valence-electron chi connectivity index (χ3n) is 3.52. The van der Waals surface area contributed by atoms with E-state index in [9.17, 15) is 10.1 Å². The van der Waals surface area contributed by atoms with Crippen molar-refractivity contribution in [2.45, 2.75) is 46.7 Å². The molecule has 1 heterocycles. The molecule has 0 spiro atoms. The summed E-state index contributed by atoms with van der Waals surface area (Å²) in [7, 11) is 1.58. The Balaban J connectivity index is 3.00. The number of hydrogen-bond acceptors (Lipinski definition) is 3. The maximum absolute atomic E-state index is 12.1. The number of hydrogen-bond donors (Lipinski definition) is 1. The SMILES string of the molecule is CCCn1c(C)cc(C=C(C#N)C(=O)NC(C)COC)c1C. The van der Waals surface area contributed by atoms with E-state index >= 15 is 0 Å². The highest BCUT2D eigenvalue weighted by atomic mass is 16.5. The van der Waals surface area contributed by atoms with Crippen LogP contribution in [0, 0.1) is 25.2 Å². The number of nitrogens with one attached hydrogen (secondary N) is 1. The molecule has 5 nitrogen and oxygen atoms in total. The molecule has 0 saturated heterocycles. The van der Waals surface area contributed by atoms with Crippen molar-refractivity contribution >= 4 is 12.0 Å². The zero-order valence-corrected chi connectivity index (χ0v) is 14.1. The molecule has 0 radical (unpaired) electrons. The summed E-state index contributed by atoms with van der Waals surface area (Å²) in [6.07, 6.45) is 2.70. The van der Waals surface area contributed by atoms with Crippen LogP contribution < -0.4 is 5.32 Å². The Morgan fingerprint density at radius 2 is 2.23 bits per heavy atom. The standard InChI is InChI=1S/C17H25N3O2/c1-6-7-20-13(3)8-15(14(20)4)9-16(10-18)17(21)19-12(2)11-22-5/h8-9,12H,6-7,11H2,1-5H3,(H,19,21). The molecule has 0 aromatic carbocycles. The van der Waals surface area contributed by atoms with Crippen molar-refractivity contribution in [3.63, 3.8) is 0 Å². The molecule has 1 atom stereocenters. The molecule has 1 amide bonds. The summed E-state index contributed by atoms with van der Waals surface area (Å²) in [5.74, 6) is -0.368. The predicted molar refractivity (Wildman–Crippen MR) is 87.3 cm³/mol. The first kappa shape index (κ1) is 18.0. The van der Waals surface area contributed by atoms with E-state index in [0.717, 1.165) is 29.9 Å². The van der Waals surface area contributed by atoms with Gasteiger partial charge in [0.2, 0.25) is 0 Å². The van der Waals surface area contributed by atoms with Gasteiger partial charge in [-0.2, -0.15) is 5.26 Å². The molecule has 1 aromatic rings. The normalized spacial score (nSPS) is 12.8. The smallest absolute Gasteiger partial charge is 0.262 e. The number of nitriles is 1. The first-order valence-electron chi connectivity index (χ1n) is 7.52. The Bertz CT molecular complexity index is 594. The molecule has 1 unspecified atom stereocenters. The summed E-state index contributed by atoms with van der Waals surface area (Å²) in [6.45, 7) is 9.35. The van der Waals surface area contributed by atoms with Gasteiger partial charge in [-0.1, -0.05) is 6.92 Å². The van der Waals surface area contributed by atoms with E-state index in [4.69, 9.17) is 4.74 Å². The van der Waals surface area contributed by atoms with Gasteiger partial charge in [0.15, 0.2) is 0 Å². The summed E-state index contributed by atoms with van der Waals surface area (Å²) in [4.78, 5) is 12.1. The van der Waals surface area contributed by atoms with Gasteiger partial charge in [-0.25, -0.2) is 0 Å². The largest absolute Gasteiger partial charge is 0.383 e. The van der Waals surface area contributed by atoms with Gasteiger partial charge in [0.25, 0.3) is 5.91 Å².